The number of rotatable bonds is 4. The van der Waals surface area contributed by atoms with E-state index in [9.17, 15) is 0 Å². The summed E-state index contributed by atoms with van der Waals surface area (Å²) in [7, 11) is 0. The van der Waals surface area contributed by atoms with Gasteiger partial charge in [0.1, 0.15) is 17.3 Å². The van der Waals surface area contributed by atoms with Crippen LogP contribution in [0.5, 0.6) is 5.75 Å². The van der Waals surface area contributed by atoms with Gasteiger partial charge in [0.2, 0.25) is 0 Å². The van der Waals surface area contributed by atoms with Gasteiger partial charge in [0.25, 0.3) is 0 Å². The first-order valence-corrected chi connectivity index (χ1v) is 7.07. The Labute approximate surface area is 121 Å². The van der Waals surface area contributed by atoms with Crippen LogP contribution in [0.4, 0.5) is 0 Å². The highest BCUT2D eigenvalue weighted by Crippen LogP contribution is 2.31. The normalized spacial score (nSPS) is 12.5. The van der Waals surface area contributed by atoms with Gasteiger partial charge in [-0.1, -0.05) is 6.07 Å². The number of hydrogen-bond donors (Lipinski definition) is 1. The highest BCUT2D eigenvalue weighted by Gasteiger charge is 2.16. The molecule has 2 rings (SSSR count). The summed E-state index contributed by atoms with van der Waals surface area (Å²) >= 11 is 3.51. The molecule has 4 heteroatoms. The fraction of sp³-hybridized carbons (Fsp3) is 0.333. The topological polar surface area (TPSA) is 48.4 Å². The van der Waals surface area contributed by atoms with Crippen LogP contribution in [-0.2, 0) is 0 Å². The Hall–Kier alpha value is -1.26. The van der Waals surface area contributed by atoms with E-state index in [1.807, 2.05) is 45.0 Å². The van der Waals surface area contributed by atoms with Crippen LogP contribution >= 0.6 is 15.9 Å². The average molecular weight is 324 g/mol. The Balaban J connectivity index is 2.31. The minimum absolute atomic E-state index is 0.190. The SMILES string of the molecule is CCOc1ccc(C(N)c2cc(C)oc2C)cc1Br. The van der Waals surface area contributed by atoms with E-state index in [0.717, 1.165) is 32.9 Å². The zero-order valence-electron chi connectivity index (χ0n) is 11.4. The van der Waals surface area contributed by atoms with E-state index in [-0.39, 0.29) is 6.04 Å². The van der Waals surface area contributed by atoms with Gasteiger partial charge in [-0.3, -0.25) is 0 Å². The van der Waals surface area contributed by atoms with Crippen molar-refractivity contribution < 1.29 is 9.15 Å². The third kappa shape index (κ3) is 3.01. The first kappa shape index (κ1) is 14.2. The summed E-state index contributed by atoms with van der Waals surface area (Å²) < 4.78 is 11.9. The number of ether oxygens (including phenoxy) is 1. The molecule has 0 saturated carbocycles. The highest BCUT2D eigenvalue weighted by atomic mass is 79.9. The van der Waals surface area contributed by atoms with Gasteiger partial charge in [-0.2, -0.15) is 0 Å². The summed E-state index contributed by atoms with van der Waals surface area (Å²) in [4.78, 5) is 0. The zero-order valence-corrected chi connectivity index (χ0v) is 13.0. The molecule has 1 aromatic carbocycles. The molecule has 0 spiro atoms. The molecule has 0 amide bonds. The summed E-state index contributed by atoms with van der Waals surface area (Å²) in [6, 6.07) is 7.72. The first-order chi connectivity index (χ1) is 9.02. The lowest BCUT2D eigenvalue weighted by Crippen LogP contribution is -2.12. The quantitative estimate of drug-likeness (QED) is 0.921. The molecule has 2 aromatic rings. The third-order valence-electron chi connectivity index (χ3n) is 3.03. The van der Waals surface area contributed by atoms with Crippen molar-refractivity contribution in [3.63, 3.8) is 0 Å². The van der Waals surface area contributed by atoms with Crippen molar-refractivity contribution in [1.29, 1.82) is 0 Å². The lowest BCUT2D eigenvalue weighted by atomic mass is 10.00. The minimum Gasteiger partial charge on any atom is -0.493 e. The maximum absolute atomic E-state index is 6.30. The van der Waals surface area contributed by atoms with Crippen LogP contribution in [0.1, 0.15) is 35.6 Å². The molecule has 0 aliphatic carbocycles. The van der Waals surface area contributed by atoms with Crippen LogP contribution in [0.25, 0.3) is 0 Å². The van der Waals surface area contributed by atoms with Crippen LogP contribution < -0.4 is 10.5 Å². The molecule has 1 aromatic heterocycles. The van der Waals surface area contributed by atoms with Crippen LogP contribution in [0, 0.1) is 13.8 Å². The molecule has 0 bridgehead atoms. The number of furan rings is 1. The Morgan fingerprint density at radius 3 is 2.58 bits per heavy atom. The van der Waals surface area contributed by atoms with Gasteiger partial charge in [-0.15, -0.1) is 0 Å². The van der Waals surface area contributed by atoms with E-state index < -0.39 is 0 Å². The monoisotopic (exact) mass is 323 g/mol. The highest BCUT2D eigenvalue weighted by molar-refractivity contribution is 9.10. The smallest absolute Gasteiger partial charge is 0.133 e. The molecule has 1 heterocycles. The van der Waals surface area contributed by atoms with Crippen LogP contribution in [0.3, 0.4) is 0 Å². The molecule has 1 unspecified atom stereocenters. The molecule has 19 heavy (non-hydrogen) atoms. The van der Waals surface area contributed by atoms with E-state index in [4.69, 9.17) is 14.9 Å². The first-order valence-electron chi connectivity index (χ1n) is 6.27. The van der Waals surface area contributed by atoms with Crippen molar-refractivity contribution in [2.75, 3.05) is 6.61 Å². The maximum Gasteiger partial charge on any atom is 0.133 e. The molecule has 0 aliphatic rings. The predicted octanol–water partition coefficient (Wildman–Crippen LogP) is 4.11. The van der Waals surface area contributed by atoms with Crippen LogP contribution in [-0.4, -0.2) is 6.61 Å². The van der Waals surface area contributed by atoms with Crippen LogP contribution in [0.2, 0.25) is 0 Å². The molecule has 0 aliphatic heterocycles. The Kier molecular flexibility index (Phi) is 4.32. The molecule has 0 saturated heterocycles. The molecule has 102 valence electrons. The fourth-order valence-electron chi connectivity index (χ4n) is 2.12. The number of benzene rings is 1. The number of aryl methyl sites for hydroxylation is 2. The molecular weight excluding hydrogens is 306 g/mol. The predicted molar refractivity (Wildman–Crippen MR) is 79.5 cm³/mol. The van der Waals surface area contributed by atoms with E-state index in [1.165, 1.54) is 0 Å². The van der Waals surface area contributed by atoms with E-state index in [2.05, 4.69) is 15.9 Å². The molecule has 2 N–H and O–H groups in total. The van der Waals surface area contributed by atoms with Crippen molar-refractivity contribution >= 4 is 15.9 Å². The standard InChI is InChI=1S/C15H18BrNO2/c1-4-18-14-6-5-11(8-13(14)16)15(17)12-7-9(2)19-10(12)3/h5-8,15H,4,17H2,1-3H3. The van der Waals surface area contributed by atoms with Gasteiger partial charge >= 0.3 is 0 Å². The number of hydrogen-bond acceptors (Lipinski definition) is 3. The second-order valence-corrected chi connectivity index (χ2v) is 5.32. The average Bonchev–Trinajstić information content (AvgIpc) is 2.70. The van der Waals surface area contributed by atoms with E-state index >= 15 is 0 Å². The van der Waals surface area contributed by atoms with Gasteiger partial charge in [-0.25, -0.2) is 0 Å². The Morgan fingerprint density at radius 2 is 2.05 bits per heavy atom. The van der Waals surface area contributed by atoms with Crippen molar-refractivity contribution in [1.82, 2.24) is 0 Å². The lowest BCUT2D eigenvalue weighted by molar-refractivity contribution is 0.338. The summed E-state index contributed by atoms with van der Waals surface area (Å²) in [6.07, 6.45) is 0. The van der Waals surface area contributed by atoms with Gasteiger partial charge in [0.15, 0.2) is 0 Å². The van der Waals surface area contributed by atoms with E-state index in [0.29, 0.717) is 6.61 Å². The van der Waals surface area contributed by atoms with Gasteiger partial charge < -0.3 is 14.9 Å². The van der Waals surface area contributed by atoms with Gasteiger partial charge in [-0.05, 0) is 60.5 Å². The van der Waals surface area contributed by atoms with Crippen molar-refractivity contribution in [3.8, 4) is 5.75 Å². The third-order valence-corrected chi connectivity index (χ3v) is 3.65. The van der Waals surface area contributed by atoms with Crippen molar-refractivity contribution in [2.24, 2.45) is 5.73 Å². The summed E-state index contributed by atoms with van der Waals surface area (Å²) in [6.45, 7) is 6.47. The van der Waals surface area contributed by atoms with Gasteiger partial charge in [0, 0.05) is 5.56 Å². The summed E-state index contributed by atoms with van der Waals surface area (Å²) in [5.41, 5.74) is 8.35. The van der Waals surface area contributed by atoms with Crippen molar-refractivity contribution in [3.05, 3.63) is 51.4 Å². The second-order valence-electron chi connectivity index (χ2n) is 4.47. The minimum atomic E-state index is -0.190. The number of halogens is 1. The second kappa shape index (κ2) is 5.80. The molecular formula is C15H18BrNO2. The zero-order chi connectivity index (χ0) is 14.0. The van der Waals surface area contributed by atoms with Crippen LogP contribution in [0.15, 0.2) is 33.2 Å². The fourth-order valence-corrected chi connectivity index (χ4v) is 2.63. The Morgan fingerprint density at radius 1 is 1.32 bits per heavy atom. The van der Waals surface area contributed by atoms with Gasteiger partial charge in [0.05, 0.1) is 17.1 Å². The lowest BCUT2D eigenvalue weighted by Gasteiger charge is -2.13. The molecule has 0 fully saturated rings. The number of nitrogens with two attached hydrogens (primary N) is 1. The Bertz CT molecular complexity index is 578. The largest absolute Gasteiger partial charge is 0.493 e. The summed E-state index contributed by atoms with van der Waals surface area (Å²) in [5, 5.41) is 0. The van der Waals surface area contributed by atoms with Crippen molar-refractivity contribution in [2.45, 2.75) is 26.8 Å². The van der Waals surface area contributed by atoms with E-state index in [1.54, 1.807) is 0 Å². The molecule has 3 nitrogen and oxygen atoms in total. The maximum atomic E-state index is 6.30. The summed E-state index contributed by atoms with van der Waals surface area (Å²) in [5.74, 6) is 2.58. The molecule has 0 radical (unpaired) electrons. The molecule has 1 atom stereocenters.